The Morgan fingerprint density at radius 2 is 1.93 bits per heavy atom. The van der Waals surface area contributed by atoms with Gasteiger partial charge in [0.15, 0.2) is 11.5 Å². The number of aromatic nitrogens is 1. The van der Waals surface area contributed by atoms with Gasteiger partial charge in [-0.3, -0.25) is 4.79 Å². The number of benzene rings is 1. The van der Waals surface area contributed by atoms with E-state index in [0.29, 0.717) is 11.8 Å². The summed E-state index contributed by atoms with van der Waals surface area (Å²) in [4.78, 5) is 19.0. The van der Waals surface area contributed by atoms with E-state index in [1.54, 1.807) is 12.2 Å². The number of amides is 1. The van der Waals surface area contributed by atoms with Crippen LogP contribution in [-0.2, 0) is 4.79 Å². The van der Waals surface area contributed by atoms with Crippen molar-refractivity contribution in [2.45, 2.75) is 38.0 Å². The summed E-state index contributed by atoms with van der Waals surface area (Å²) >= 11 is 0. The smallest absolute Gasteiger partial charge is 0.246 e. The van der Waals surface area contributed by atoms with Crippen LogP contribution in [-0.4, -0.2) is 28.9 Å². The van der Waals surface area contributed by atoms with E-state index in [1.807, 2.05) is 41.3 Å². The van der Waals surface area contributed by atoms with Crippen LogP contribution in [0.4, 0.5) is 0 Å². The predicted molar refractivity (Wildman–Crippen MR) is 107 cm³/mol. The molecule has 2 aromatic heterocycles. The Bertz CT molecular complexity index is 990. The van der Waals surface area contributed by atoms with Crippen molar-refractivity contribution in [3.8, 4) is 0 Å². The third kappa shape index (κ3) is 3.37. The molecule has 1 amide bonds. The maximum absolute atomic E-state index is 12.5. The van der Waals surface area contributed by atoms with Gasteiger partial charge >= 0.3 is 0 Å². The zero-order valence-electron chi connectivity index (χ0n) is 16.0. The van der Waals surface area contributed by atoms with Gasteiger partial charge in [0.25, 0.3) is 0 Å². The number of likely N-dealkylation sites (tertiary alicyclic amines) is 1. The second-order valence-electron chi connectivity index (χ2n) is 8.01. The average molecular weight is 376 g/mol. The summed E-state index contributed by atoms with van der Waals surface area (Å²) in [7, 11) is 0. The highest BCUT2D eigenvalue weighted by atomic mass is 16.3. The summed E-state index contributed by atoms with van der Waals surface area (Å²) in [6, 6.07) is 11.8. The van der Waals surface area contributed by atoms with E-state index >= 15 is 0 Å². The minimum atomic E-state index is 0.0359. The molecule has 5 nitrogen and oxygen atoms in total. The van der Waals surface area contributed by atoms with Gasteiger partial charge in [-0.05, 0) is 55.5 Å². The molecule has 2 atom stereocenters. The van der Waals surface area contributed by atoms with E-state index in [1.165, 1.54) is 6.42 Å². The largest absolute Gasteiger partial charge is 0.461 e. The number of hydrogen-bond donors (Lipinski definition) is 0. The second-order valence-corrected chi connectivity index (χ2v) is 8.01. The van der Waals surface area contributed by atoms with Crippen LogP contribution < -0.4 is 0 Å². The Morgan fingerprint density at radius 3 is 2.68 bits per heavy atom. The number of para-hydroxylation sites is 2. The second kappa shape index (κ2) is 6.97. The minimum Gasteiger partial charge on any atom is -0.461 e. The Morgan fingerprint density at radius 1 is 1.14 bits per heavy atom. The van der Waals surface area contributed by atoms with Crippen molar-refractivity contribution < 1.29 is 13.6 Å². The molecule has 5 rings (SSSR count). The molecule has 1 aliphatic carbocycles. The first-order valence-corrected chi connectivity index (χ1v) is 10.1. The van der Waals surface area contributed by atoms with Crippen LogP contribution in [0.2, 0.25) is 0 Å². The van der Waals surface area contributed by atoms with Crippen LogP contribution in [0, 0.1) is 5.92 Å². The Hall–Kier alpha value is -2.82. The van der Waals surface area contributed by atoms with Crippen molar-refractivity contribution in [3.05, 3.63) is 59.9 Å². The minimum absolute atomic E-state index is 0.0359. The van der Waals surface area contributed by atoms with Crippen LogP contribution in [0.3, 0.4) is 0 Å². The van der Waals surface area contributed by atoms with Gasteiger partial charge in [-0.2, -0.15) is 0 Å². The van der Waals surface area contributed by atoms with E-state index < -0.39 is 0 Å². The summed E-state index contributed by atoms with van der Waals surface area (Å²) in [5.74, 6) is 4.17. The summed E-state index contributed by atoms with van der Waals surface area (Å²) in [6.45, 7) is 3.67. The van der Waals surface area contributed by atoms with Crippen molar-refractivity contribution in [1.82, 2.24) is 9.88 Å². The molecule has 1 saturated carbocycles. The van der Waals surface area contributed by atoms with Gasteiger partial charge in [0, 0.05) is 31.0 Å². The first-order chi connectivity index (χ1) is 13.7. The van der Waals surface area contributed by atoms with Gasteiger partial charge in [0.05, 0.1) is 0 Å². The normalized spacial score (nSPS) is 23.0. The molecule has 3 aromatic rings. The van der Waals surface area contributed by atoms with Gasteiger partial charge in [-0.15, -0.1) is 0 Å². The number of fused-ring (bicyclic) bond motifs is 1. The highest BCUT2D eigenvalue weighted by molar-refractivity contribution is 5.91. The molecule has 0 radical (unpaired) electrons. The highest BCUT2D eigenvalue weighted by Gasteiger charge is 2.36. The topological polar surface area (TPSA) is 59.5 Å². The van der Waals surface area contributed by atoms with Gasteiger partial charge in [0.2, 0.25) is 5.91 Å². The molecular weight excluding hydrogens is 352 g/mol. The molecule has 1 aliphatic heterocycles. The number of nitrogens with zero attached hydrogens (tertiary/aromatic N) is 2. The molecular formula is C23H24N2O3. The first kappa shape index (κ1) is 17.3. The lowest BCUT2D eigenvalue weighted by molar-refractivity contribution is -0.127. The van der Waals surface area contributed by atoms with E-state index in [9.17, 15) is 4.79 Å². The van der Waals surface area contributed by atoms with Gasteiger partial charge in [-0.1, -0.05) is 19.1 Å². The number of piperidine rings is 1. The fraction of sp³-hybridized carbons (Fsp3) is 0.391. The van der Waals surface area contributed by atoms with Gasteiger partial charge in [0.1, 0.15) is 17.0 Å². The standard InChI is InChI=1S/C23H24N2O3/c1-15-14-18(15)20-8-6-17(27-20)7-9-22(26)25-12-10-16(11-13-25)23-24-19-4-2-3-5-21(19)28-23/h2-9,15-16,18H,10-14H2,1H3/b9-7+. The lowest BCUT2D eigenvalue weighted by atomic mass is 9.97. The van der Waals surface area contributed by atoms with Crippen molar-refractivity contribution in [2.24, 2.45) is 5.92 Å². The average Bonchev–Trinajstić information content (AvgIpc) is 3.12. The third-order valence-electron chi connectivity index (χ3n) is 5.98. The van der Waals surface area contributed by atoms with E-state index in [2.05, 4.69) is 11.9 Å². The molecule has 0 N–H and O–H groups in total. The van der Waals surface area contributed by atoms with E-state index in [-0.39, 0.29) is 11.8 Å². The van der Waals surface area contributed by atoms with Crippen LogP contribution in [0.1, 0.15) is 55.4 Å². The van der Waals surface area contributed by atoms with Gasteiger partial charge < -0.3 is 13.7 Å². The maximum Gasteiger partial charge on any atom is 0.246 e. The lowest BCUT2D eigenvalue weighted by Gasteiger charge is -2.29. The molecule has 2 fully saturated rings. The zero-order valence-corrected chi connectivity index (χ0v) is 16.0. The van der Waals surface area contributed by atoms with Crippen LogP contribution >= 0.6 is 0 Å². The van der Waals surface area contributed by atoms with Crippen molar-refractivity contribution in [3.63, 3.8) is 0 Å². The Kier molecular flexibility index (Phi) is 4.30. The van der Waals surface area contributed by atoms with Crippen LogP contribution in [0.15, 0.2) is 51.3 Å². The Labute approximate surface area is 164 Å². The molecule has 1 aromatic carbocycles. The summed E-state index contributed by atoms with van der Waals surface area (Å²) in [6.07, 6.45) is 6.35. The molecule has 2 aliphatic rings. The first-order valence-electron chi connectivity index (χ1n) is 10.1. The number of carbonyl (C=O) groups is 1. The fourth-order valence-electron chi connectivity index (χ4n) is 4.05. The van der Waals surface area contributed by atoms with Crippen molar-refractivity contribution in [2.75, 3.05) is 13.1 Å². The summed E-state index contributed by atoms with van der Waals surface area (Å²) in [5, 5.41) is 0. The molecule has 144 valence electrons. The molecule has 2 unspecified atom stereocenters. The lowest BCUT2D eigenvalue weighted by Crippen LogP contribution is -2.36. The zero-order chi connectivity index (χ0) is 19.1. The molecule has 0 spiro atoms. The fourth-order valence-corrected chi connectivity index (χ4v) is 4.05. The maximum atomic E-state index is 12.5. The third-order valence-corrected chi connectivity index (χ3v) is 5.98. The van der Waals surface area contributed by atoms with Crippen molar-refractivity contribution in [1.29, 1.82) is 0 Å². The van der Waals surface area contributed by atoms with E-state index in [0.717, 1.165) is 54.4 Å². The molecule has 1 saturated heterocycles. The molecule has 28 heavy (non-hydrogen) atoms. The summed E-state index contributed by atoms with van der Waals surface area (Å²) < 4.78 is 11.7. The molecule has 5 heteroatoms. The summed E-state index contributed by atoms with van der Waals surface area (Å²) in [5.41, 5.74) is 1.73. The monoisotopic (exact) mass is 376 g/mol. The van der Waals surface area contributed by atoms with Crippen LogP contribution in [0.5, 0.6) is 0 Å². The number of furan rings is 1. The predicted octanol–water partition coefficient (Wildman–Crippen LogP) is 4.96. The SMILES string of the molecule is CC1CC1c1ccc(/C=C/C(=O)N2CCC(c3nc4ccccc4o3)CC2)o1. The molecule has 3 heterocycles. The Balaban J connectivity index is 1.18. The van der Waals surface area contributed by atoms with Crippen LogP contribution in [0.25, 0.3) is 17.2 Å². The van der Waals surface area contributed by atoms with Crippen molar-refractivity contribution >= 4 is 23.1 Å². The number of carbonyl (C=O) groups excluding carboxylic acids is 1. The number of hydrogen-bond acceptors (Lipinski definition) is 4. The number of oxazole rings is 1. The quantitative estimate of drug-likeness (QED) is 0.604. The number of rotatable bonds is 4. The highest BCUT2D eigenvalue weighted by Crippen LogP contribution is 2.47. The van der Waals surface area contributed by atoms with Gasteiger partial charge in [-0.25, -0.2) is 4.98 Å². The molecule has 0 bridgehead atoms. The van der Waals surface area contributed by atoms with E-state index in [4.69, 9.17) is 8.83 Å².